The van der Waals surface area contributed by atoms with Crippen LogP contribution in [0.3, 0.4) is 0 Å². The first-order valence-electron chi connectivity index (χ1n) is 5.76. The summed E-state index contributed by atoms with van der Waals surface area (Å²) in [5, 5.41) is 4.14. The summed E-state index contributed by atoms with van der Waals surface area (Å²) < 4.78 is 0. The summed E-state index contributed by atoms with van der Waals surface area (Å²) in [4.78, 5) is 10.7. The molecule has 1 aliphatic rings. The van der Waals surface area contributed by atoms with Crippen LogP contribution in [0.25, 0.3) is 0 Å². The normalized spacial score (nSPS) is 18.2. The first-order chi connectivity index (χ1) is 8.92. The molecule has 0 N–H and O–H groups in total. The molecule has 0 aliphatic carbocycles. The minimum Gasteiger partial charge on any atom is -0.380 e. The quantitative estimate of drug-likeness (QED) is 0.844. The van der Waals surface area contributed by atoms with Gasteiger partial charge in [-0.15, -0.1) is 0 Å². The SMILES string of the molecule is c1ccc(SC2CC(c3cccnc3)=NO2)cc1. The molecular formula is C14H12N2OS. The lowest BCUT2D eigenvalue weighted by Gasteiger charge is -2.06. The number of thioether (sulfide) groups is 1. The van der Waals surface area contributed by atoms with E-state index in [9.17, 15) is 0 Å². The minimum absolute atomic E-state index is 0.0580. The molecule has 0 spiro atoms. The summed E-state index contributed by atoms with van der Waals surface area (Å²) >= 11 is 1.69. The highest BCUT2D eigenvalue weighted by molar-refractivity contribution is 7.99. The van der Waals surface area contributed by atoms with Gasteiger partial charge in [0.25, 0.3) is 0 Å². The van der Waals surface area contributed by atoms with Crippen molar-refractivity contribution in [3.63, 3.8) is 0 Å². The van der Waals surface area contributed by atoms with Gasteiger partial charge in [-0.25, -0.2) is 0 Å². The molecule has 0 fully saturated rings. The molecule has 1 atom stereocenters. The zero-order chi connectivity index (χ0) is 12.2. The van der Waals surface area contributed by atoms with Gasteiger partial charge in [-0.3, -0.25) is 4.98 Å². The molecule has 1 aliphatic heterocycles. The zero-order valence-electron chi connectivity index (χ0n) is 9.69. The summed E-state index contributed by atoms with van der Waals surface area (Å²) in [6.07, 6.45) is 4.39. The number of hydrogen-bond acceptors (Lipinski definition) is 4. The standard InChI is InChI=1S/C14H12N2OS/c1-2-6-12(7-3-1)18-14-9-13(16-17-14)11-5-4-8-15-10-11/h1-8,10,14H,9H2. The van der Waals surface area contributed by atoms with Crippen LogP contribution in [-0.4, -0.2) is 16.1 Å². The van der Waals surface area contributed by atoms with Gasteiger partial charge >= 0.3 is 0 Å². The first kappa shape index (κ1) is 11.3. The van der Waals surface area contributed by atoms with Crippen molar-refractivity contribution in [2.45, 2.75) is 16.8 Å². The van der Waals surface area contributed by atoms with Crippen LogP contribution < -0.4 is 0 Å². The fraction of sp³-hybridized carbons (Fsp3) is 0.143. The molecule has 3 nitrogen and oxygen atoms in total. The van der Waals surface area contributed by atoms with E-state index in [0.717, 1.165) is 17.7 Å². The van der Waals surface area contributed by atoms with E-state index < -0.39 is 0 Å². The van der Waals surface area contributed by atoms with Gasteiger partial charge in [0.15, 0.2) is 5.44 Å². The highest BCUT2D eigenvalue weighted by atomic mass is 32.2. The van der Waals surface area contributed by atoms with Crippen LogP contribution in [-0.2, 0) is 4.84 Å². The van der Waals surface area contributed by atoms with Crippen LogP contribution in [0.15, 0.2) is 64.9 Å². The average Bonchev–Trinajstić information content (AvgIpc) is 2.89. The van der Waals surface area contributed by atoms with E-state index in [1.807, 2.05) is 36.5 Å². The first-order valence-corrected chi connectivity index (χ1v) is 6.64. The van der Waals surface area contributed by atoms with Crippen molar-refractivity contribution in [3.05, 3.63) is 60.4 Å². The third-order valence-electron chi connectivity index (χ3n) is 2.65. The second-order valence-electron chi connectivity index (χ2n) is 3.95. The summed E-state index contributed by atoms with van der Waals surface area (Å²) in [5.74, 6) is 0. The fourth-order valence-corrected chi connectivity index (χ4v) is 2.72. The Morgan fingerprint density at radius 1 is 1.11 bits per heavy atom. The van der Waals surface area contributed by atoms with Gasteiger partial charge < -0.3 is 4.84 Å². The Balaban J connectivity index is 1.65. The van der Waals surface area contributed by atoms with E-state index in [1.54, 1.807) is 18.0 Å². The largest absolute Gasteiger partial charge is 0.380 e. The van der Waals surface area contributed by atoms with Crippen molar-refractivity contribution >= 4 is 17.5 Å². The third kappa shape index (κ3) is 2.54. The summed E-state index contributed by atoms with van der Waals surface area (Å²) in [5.41, 5.74) is 2.06. The predicted octanol–water partition coefficient (Wildman–Crippen LogP) is 3.32. The number of aromatic nitrogens is 1. The summed E-state index contributed by atoms with van der Waals surface area (Å²) in [6, 6.07) is 14.1. The molecule has 1 aromatic heterocycles. The third-order valence-corrected chi connectivity index (χ3v) is 3.71. The molecule has 3 rings (SSSR count). The second-order valence-corrected chi connectivity index (χ2v) is 5.18. The number of benzene rings is 1. The van der Waals surface area contributed by atoms with E-state index in [4.69, 9.17) is 4.84 Å². The van der Waals surface area contributed by atoms with Crippen LogP contribution >= 0.6 is 11.8 Å². The highest BCUT2D eigenvalue weighted by Gasteiger charge is 2.23. The second kappa shape index (κ2) is 5.23. The van der Waals surface area contributed by atoms with Crippen LogP contribution in [0.2, 0.25) is 0 Å². The minimum atomic E-state index is 0.0580. The van der Waals surface area contributed by atoms with Crippen LogP contribution in [0.5, 0.6) is 0 Å². The van der Waals surface area contributed by atoms with Gasteiger partial charge in [-0.2, -0.15) is 0 Å². The van der Waals surface area contributed by atoms with E-state index >= 15 is 0 Å². The molecule has 0 amide bonds. The molecule has 2 aromatic rings. The van der Waals surface area contributed by atoms with Crippen molar-refractivity contribution in [2.24, 2.45) is 5.16 Å². The lowest BCUT2D eigenvalue weighted by Crippen LogP contribution is -2.04. The molecule has 90 valence electrons. The Morgan fingerprint density at radius 2 is 2.00 bits per heavy atom. The monoisotopic (exact) mass is 256 g/mol. The molecule has 2 heterocycles. The average molecular weight is 256 g/mol. The summed E-state index contributed by atoms with van der Waals surface area (Å²) in [6.45, 7) is 0. The van der Waals surface area contributed by atoms with Crippen LogP contribution in [0.1, 0.15) is 12.0 Å². The Kier molecular flexibility index (Phi) is 3.28. The molecule has 1 unspecified atom stereocenters. The Bertz CT molecular complexity index is 542. The van der Waals surface area contributed by atoms with E-state index in [1.165, 1.54) is 4.90 Å². The molecular weight excluding hydrogens is 244 g/mol. The van der Waals surface area contributed by atoms with Crippen LogP contribution in [0, 0.1) is 0 Å². The zero-order valence-corrected chi connectivity index (χ0v) is 10.5. The van der Waals surface area contributed by atoms with Gasteiger partial charge in [0.2, 0.25) is 0 Å². The number of oxime groups is 1. The Labute approximate surface area is 110 Å². The van der Waals surface area contributed by atoms with Crippen molar-refractivity contribution in [3.8, 4) is 0 Å². The number of nitrogens with zero attached hydrogens (tertiary/aromatic N) is 2. The molecule has 1 aromatic carbocycles. The summed E-state index contributed by atoms with van der Waals surface area (Å²) in [7, 11) is 0. The Hall–Kier alpha value is -1.81. The number of rotatable bonds is 3. The smallest absolute Gasteiger partial charge is 0.183 e. The lowest BCUT2D eigenvalue weighted by atomic mass is 10.1. The molecule has 0 saturated heterocycles. The van der Waals surface area contributed by atoms with E-state index in [-0.39, 0.29) is 5.44 Å². The maximum absolute atomic E-state index is 5.45. The van der Waals surface area contributed by atoms with Gasteiger partial charge in [0, 0.05) is 29.3 Å². The maximum atomic E-state index is 5.45. The Morgan fingerprint density at radius 3 is 2.78 bits per heavy atom. The molecule has 0 bridgehead atoms. The van der Waals surface area contributed by atoms with Crippen molar-refractivity contribution in [1.29, 1.82) is 0 Å². The predicted molar refractivity (Wildman–Crippen MR) is 72.6 cm³/mol. The number of pyridine rings is 1. The van der Waals surface area contributed by atoms with Crippen molar-refractivity contribution in [1.82, 2.24) is 4.98 Å². The van der Waals surface area contributed by atoms with E-state index in [2.05, 4.69) is 22.3 Å². The van der Waals surface area contributed by atoms with Gasteiger partial charge in [-0.05, 0) is 24.3 Å². The number of hydrogen-bond donors (Lipinski definition) is 0. The molecule has 0 radical (unpaired) electrons. The van der Waals surface area contributed by atoms with Crippen molar-refractivity contribution in [2.75, 3.05) is 0 Å². The lowest BCUT2D eigenvalue weighted by molar-refractivity contribution is 0.148. The van der Waals surface area contributed by atoms with Crippen LogP contribution in [0.4, 0.5) is 0 Å². The highest BCUT2D eigenvalue weighted by Crippen LogP contribution is 2.30. The maximum Gasteiger partial charge on any atom is 0.183 e. The van der Waals surface area contributed by atoms with Crippen molar-refractivity contribution < 1.29 is 4.84 Å². The molecule has 0 saturated carbocycles. The topological polar surface area (TPSA) is 34.5 Å². The fourth-order valence-electron chi connectivity index (χ4n) is 1.77. The van der Waals surface area contributed by atoms with Gasteiger partial charge in [0.1, 0.15) is 0 Å². The molecule has 18 heavy (non-hydrogen) atoms. The van der Waals surface area contributed by atoms with Gasteiger partial charge in [0.05, 0.1) is 5.71 Å². The van der Waals surface area contributed by atoms with E-state index in [0.29, 0.717) is 0 Å². The van der Waals surface area contributed by atoms with Gasteiger partial charge in [-0.1, -0.05) is 35.1 Å². The molecule has 4 heteroatoms.